The van der Waals surface area contributed by atoms with E-state index in [0.29, 0.717) is 18.3 Å². The van der Waals surface area contributed by atoms with Crippen LogP contribution in [0.1, 0.15) is 38.3 Å². The monoisotopic (exact) mass is 412 g/mol. The first-order valence-corrected chi connectivity index (χ1v) is 11.4. The zero-order chi connectivity index (χ0) is 19.5. The van der Waals surface area contributed by atoms with E-state index in [0.717, 1.165) is 34.3 Å². The highest BCUT2D eigenvalue weighted by molar-refractivity contribution is 7.99. The van der Waals surface area contributed by atoms with E-state index in [9.17, 15) is 4.79 Å². The predicted octanol–water partition coefficient (Wildman–Crippen LogP) is 4.87. The minimum atomic E-state index is 0.131. The number of rotatable bonds is 8. The molecule has 0 bridgehead atoms. The van der Waals surface area contributed by atoms with Crippen molar-refractivity contribution in [2.45, 2.75) is 50.5 Å². The van der Waals surface area contributed by atoms with E-state index in [-0.39, 0.29) is 11.9 Å². The molecule has 0 saturated heterocycles. The zero-order valence-electron chi connectivity index (χ0n) is 16.1. The normalized spacial score (nSPS) is 13.8. The van der Waals surface area contributed by atoms with Crippen LogP contribution < -0.4 is 0 Å². The van der Waals surface area contributed by atoms with Gasteiger partial charge in [0.1, 0.15) is 0 Å². The molecule has 146 valence electrons. The Kier molecular flexibility index (Phi) is 5.82. The SMILES string of the molecule is CC(C)N(Cc1ccccc1)C(=O)CSc1nnc(-c2cccs2)n1C1CC1. The van der Waals surface area contributed by atoms with Gasteiger partial charge in [-0.3, -0.25) is 9.36 Å². The number of hydrogen-bond donors (Lipinski definition) is 0. The summed E-state index contributed by atoms with van der Waals surface area (Å²) in [6.45, 7) is 4.76. The number of aromatic nitrogens is 3. The molecule has 1 aliphatic carbocycles. The van der Waals surface area contributed by atoms with E-state index in [1.165, 1.54) is 11.8 Å². The summed E-state index contributed by atoms with van der Waals surface area (Å²) in [5, 5.41) is 11.7. The van der Waals surface area contributed by atoms with Crippen molar-refractivity contribution in [3.63, 3.8) is 0 Å². The maximum Gasteiger partial charge on any atom is 0.233 e. The summed E-state index contributed by atoms with van der Waals surface area (Å²) in [5.74, 6) is 1.43. The Bertz CT molecular complexity index is 917. The lowest BCUT2D eigenvalue weighted by atomic mass is 10.2. The maximum atomic E-state index is 12.9. The molecule has 4 rings (SSSR count). The fraction of sp³-hybridized carbons (Fsp3) is 0.381. The number of hydrogen-bond acceptors (Lipinski definition) is 5. The Morgan fingerprint density at radius 3 is 2.64 bits per heavy atom. The fourth-order valence-electron chi connectivity index (χ4n) is 3.16. The van der Waals surface area contributed by atoms with Crippen LogP contribution in [0.5, 0.6) is 0 Å². The van der Waals surface area contributed by atoms with Gasteiger partial charge in [0.15, 0.2) is 11.0 Å². The Balaban J connectivity index is 1.47. The van der Waals surface area contributed by atoms with Gasteiger partial charge < -0.3 is 4.90 Å². The summed E-state index contributed by atoms with van der Waals surface area (Å²) in [4.78, 5) is 16.0. The van der Waals surface area contributed by atoms with E-state index in [2.05, 4.69) is 52.2 Å². The number of carbonyl (C=O) groups excluding carboxylic acids is 1. The Morgan fingerprint density at radius 1 is 1.21 bits per heavy atom. The van der Waals surface area contributed by atoms with Crippen LogP contribution in [-0.2, 0) is 11.3 Å². The highest BCUT2D eigenvalue weighted by Gasteiger charge is 2.31. The van der Waals surface area contributed by atoms with Crippen LogP contribution in [0.25, 0.3) is 10.7 Å². The van der Waals surface area contributed by atoms with Gasteiger partial charge in [0.2, 0.25) is 5.91 Å². The molecule has 1 fully saturated rings. The molecule has 1 aromatic carbocycles. The van der Waals surface area contributed by atoms with Crippen molar-refractivity contribution in [2.24, 2.45) is 0 Å². The maximum absolute atomic E-state index is 12.9. The summed E-state index contributed by atoms with van der Waals surface area (Å²) in [5.41, 5.74) is 1.15. The molecule has 0 radical (unpaired) electrons. The van der Waals surface area contributed by atoms with Crippen LogP contribution in [0, 0.1) is 0 Å². The summed E-state index contributed by atoms with van der Waals surface area (Å²) in [6.07, 6.45) is 2.31. The summed E-state index contributed by atoms with van der Waals surface area (Å²) < 4.78 is 2.22. The van der Waals surface area contributed by atoms with E-state index < -0.39 is 0 Å². The number of thiophene rings is 1. The minimum absolute atomic E-state index is 0.131. The van der Waals surface area contributed by atoms with Gasteiger partial charge in [-0.1, -0.05) is 48.2 Å². The van der Waals surface area contributed by atoms with Gasteiger partial charge in [-0.25, -0.2) is 0 Å². The summed E-state index contributed by atoms with van der Waals surface area (Å²) >= 11 is 3.18. The molecule has 0 spiro atoms. The molecular formula is C21H24N4OS2. The topological polar surface area (TPSA) is 51.0 Å². The van der Waals surface area contributed by atoms with E-state index in [1.54, 1.807) is 11.3 Å². The van der Waals surface area contributed by atoms with Gasteiger partial charge in [0.05, 0.1) is 10.6 Å². The second-order valence-electron chi connectivity index (χ2n) is 7.27. The van der Waals surface area contributed by atoms with Crippen molar-refractivity contribution in [3.8, 4) is 10.7 Å². The number of benzene rings is 1. The largest absolute Gasteiger partial charge is 0.335 e. The average Bonchev–Trinajstić information content (AvgIpc) is 3.22. The van der Waals surface area contributed by atoms with E-state index in [4.69, 9.17) is 0 Å². The third kappa shape index (κ3) is 4.31. The lowest BCUT2D eigenvalue weighted by Crippen LogP contribution is -2.37. The zero-order valence-corrected chi connectivity index (χ0v) is 17.7. The Hall–Kier alpha value is -2.12. The average molecular weight is 413 g/mol. The van der Waals surface area contributed by atoms with Crippen molar-refractivity contribution in [3.05, 3.63) is 53.4 Å². The molecule has 28 heavy (non-hydrogen) atoms. The second kappa shape index (κ2) is 8.49. The van der Waals surface area contributed by atoms with Gasteiger partial charge in [-0.15, -0.1) is 21.5 Å². The quantitative estimate of drug-likeness (QED) is 0.495. The third-order valence-electron chi connectivity index (χ3n) is 4.78. The van der Waals surface area contributed by atoms with Crippen molar-refractivity contribution in [1.29, 1.82) is 0 Å². The van der Waals surface area contributed by atoms with Crippen LogP contribution in [-0.4, -0.2) is 37.4 Å². The van der Waals surface area contributed by atoms with E-state index >= 15 is 0 Å². The molecule has 3 aromatic rings. The molecule has 0 unspecified atom stereocenters. The Morgan fingerprint density at radius 2 is 2.00 bits per heavy atom. The lowest BCUT2D eigenvalue weighted by molar-refractivity contribution is -0.130. The van der Waals surface area contributed by atoms with Crippen LogP contribution in [0.4, 0.5) is 0 Å². The molecule has 2 heterocycles. The first-order valence-electron chi connectivity index (χ1n) is 9.58. The molecule has 2 aromatic heterocycles. The van der Waals surface area contributed by atoms with Crippen molar-refractivity contribution >= 4 is 29.0 Å². The summed E-state index contributed by atoms with van der Waals surface area (Å²) in [6, 6.07) is 14.9. The van der Waals surface area contributed by atoms with Gasteiger partial charge in [0, 0.05) is 18.6 Å². The molecule has 5 nitrogen and oxygen atoms in total. The lowest BCUT2D eigenvalue weighted by Gasteiger charge is -2.26. The molecule has 0 atom stereocenters. The van der Waals surface area contributed by atoms with Gasteiger partial charge in [-0.2, -0.15) is 0 Å². The van der Waals surface area contributed by atoms with Crippen LogP contribution in [0.2, 0.25) is 0 Å². The van der Waals surface area contributed by atoms with Gasteiger partial charge >= 0.3 is 0 Å². The summed E-state index contributed by atoms with van der Waals surface area (Å²) in [7, 11) is 0. The van der Waals surface area contributed by atoms with Crippen molar-refractivity contribution < 1.29 is 4.79 Å². The Labute approximate surface area is 173 Å². The highest BCUT2D eigenvalue weighted by Crippen LogP contribution is 2.41. The van der Waals surface area contributed by atoms with Crippen LogP contribution in [0.3, 0.4) is 0 Å². The number of amides is 1. The van der Waals surface area contributed by atoms with Crippen molar-refractivity contribution in [1.82, 2.24) is 19.7 Å². The molecule has 1 aliphatic rings. The molecule has 0 N–H and O–H groups in total. The van der Waals surface area contributed by atoms with Gasteiger partial charge in [-0.05, 0) is 43.7 Å². The molecule has 1 amide bonds. The standard InChI is InChI=1S/C21H24N4OS2/c1-15(2)24(13-16-7-4-3-5-8-16)19(26)14-28-21-23-22-20(18-9-6-12-27-18)25(21)17-10-11-17/h3-9,12,15,17H,10-11,13-14H2,1-2H3. The number of carbonyl (C=O) groups is 1. The smallest absolute Gasteiger partial charge is 0.233 e. The minimum Gasteiger partial charge on any atom is -0.335 e. The van der Waals surface area contributed by atoms with E-state index in [1.807, 2.05) is 29.2 Å². The third-order valence-corrected chi connectivity index (χ3v) is 6.58. The number of thioether (sulfide) groups is 1. The van der Waals surface area contributed by atoms with Crippen LogP contribution >= 0.6 is 23.1 Å². The number of nitrogens with zero attached hydrogens (tertiary/aromatic N) is 4. The first-order chi connectivity index (χ1) is 13.6. The first kappa shape index (κ1) is 19.2. The fourth-order valence-corrected chi connectivity index (χ4v) is 4.76. The van der Waals surface area contributed by atoms with Crippen LogP contribution in [0.15, 0.2) is 53.0 Å². The molecule has 1 saturated carbocycles. The molecular weight excluding hydrogens is 388 g/mol. The second-order valence-corrected chi connectivity index (χ2v) is 9.16. The van der Waals surface area contributed by atoms with Crippen molar-refractivity contribution in [2.75, 3.05) is 5.75 Å². The molecule has 7 heteroatoms. The predicted molar refractivity (Wildman–Crippen MR) is 114 cm³/mol. The molecule has 0 aliphatic heterocycles. The van der Waals surface area contributed by atoms with Gasteiger partial charge in [0.25, 0.3) is 0 Å². The highest BCUT2D eigenvalue weighted by atomic mass is 32.2.